The summed E-state index contributed by atoms with van der Waals surface area (Å²) in [6, 6.07) is 4.55. The van der Waals surface area contributed by atoms with Crippen LogP contribution in [0.4, 0.5) is 10.1 Å². The summed E-state index contributed by atoms with van der Waals surface area (Å²) in [6.45, 7) is 1.42. The smallest absolute Gasteiger partial charge is 0.268 e. The van der Waals surface area contributed by atoms with Crippen molar-refractivity contribution < 1.29 is 22.3 Å². The van der Waals surface area contributed by atoms with Crippen LogP contribution in [0.2, 0.25) is 0 Å². The minimum atomic E-state index is -4.14. The highest BCUT2D eigenvalue weighted by molar-refractivity contribution is 7.92. The third kappa shape index (κ3) is 2.84. The summed E-state index contributed by atoms with van der Waals surface area (Å²) in [7, 11) is 0.0640. The van der Waals surface area contributed by atoms with Gasteiger partial charge < -0.3 is 9.47 Å². The van der Waals surface area contributed by atoms with E-state index in [-0.39, 0.29) is 17.1 Å². The van der Waals surface area contributed by atoms with Crippen molar-refractivity contribution in [3.05, 3.63) is 29.8 Å². The van der Waals surface area contributed by atoms with Gasteiger partial charge in [-0.2, -0.15) is 9.49 Å². The Hall–Kier alpha value is -2.29. The van der Waals surface area contributed by atoms with Crippen molar-refractivity contribution in [2.75, 3.05) is 18.9 Å². The van der Waals surface area contributed by atoms with Crippen molar-refractivity contribution in [2.24, 2.45) is 7.05 Å². The van der Waals surface area contributed by atoms with Gasteiger partial charge in [0.2, 0.25) is 5.95 Å². The molecule has 0 unspecified atom stereocenters. The van der Waals surface area contributed by atoms with Gasteiger partial charge in [-0.15, -0.1) is 0 Å². The first-order valence-electron chi connectivity index (χ1n) is 6.24. The highest BCUT2D eigenvalue weighted by Gasteiger charge is 2.27. The number of methoxy groups -OCH3 is 2. The van der Waals surface area contributed by atoms with Gasteiger partial charge in [0.1, 0.15) is 11.5 Å². The van der Waals surface area contributed by atoms with Gasteiger partial charge in [-0.1, -0.05) is 0 Å². The molecule has 22 heavy (non-hydrogen) atoms. The third-order valence-corrected chi connectivity index (χ3v) is 4.51. The van der Waals surface area contributed by atoms with E-state index in [1.54, 1.807) is 6.07 Å². The van der Waals surface area contributed by atoms with Gasteiger partial charge in [0, 0.05) is 13.1 Å². The van der Waals surface area contributed by atoms with Crippen LogP contribution < -0.4 is 14.2 Å². The Kier molecular flexibility index (Phi) is 4.27. The highest BCUT2D eigenvalue weighted by Crippen LogP contribution is 2.31. The number of benzene rings is 1. The molecule has 0 atom stereocenters. The summed E-state index contributed by atoms with van der Waals surface area (Å²) in [5, 5.41) is 3.76. The zero-order valence-corrected chi connectivity index (χ0v) is 13.4. The average molecular weight is 329 g/mol. The molecular formula is C13H16FN3O4S. The largest absolute Gasteiger partial charge is 0.497 e. The second-order valence-corrected chi connectivity index (χ2v) is 6.12. The maximum atomic E-state index is 14.0. The standard InChI is InChI=1S/C13H16FN3O4S/c1-8-12(13(14)17(2)15-8)22(18,19)16-10-6-5-9(20-3)7-11(10)21-4/h5-7,16H,1-4H3. The Bertz CT molecular complexity index is 802. The number of halogens is 1. The summed E-state index contributed by atoms with van der Waals surface area (Å²) in [6.07, 6.45) is 0. The van der Waals surface area contributed by atoms with Crippen LogP contribution in [-0.4, -0.2) is 32.4 Å². The lowest BCUT2D eigenvalue weighted by Crippen LogP contribution is -2.16. The number of rotatable bonds is 5. The van der Waals surface area contributed by atoms with E-state index in [0.717, 1.165) is 4.68 Å². The highest BCUT2D eigenvalue weighted by atomic mass is 32.2. The van der Waals surface area contributed by atoms with Crippen LogP contribution in [0.1, 0.15) is 5.69 Å². The van der Waals surface area contributed by atoms with Crippen LogP contribution in [0.25, 0.3) is 0 Å². The number of nitrogens with one attached hydrogen (secondary N) is 1. The van der Waals surface area contributed by atoms with Gasteiger partial charge in [0.25, 0.3) is 10.0 Å². The molecule has 1 aromatic carbocycles. The normalized spacial score (nSPS) is 11.3. The van der Waals surface area contributed by atoms with Gasteiger partial charge >= 0.3 is 0 Å². The quantitative estimate of drug-likeness (QED) is 0.902. The molecule has 120 valence electrons. The van der Waals surface area contributed by atoms with E-state index in [1.807, 2.05) is 0 Å². The van der Waals surface area contributed by atoms with Gasteiger partial charge in [-0.25, -0.2) is 13.1 Å². The van der Waals surface area contributed by atoms with Crippen LogP contribution in [0.3, 0.4) is 0 Å². The van der Waals surface area contributed by atoms with Crippen LogP contribution in [0, 0.1) is 12.9 Å². The van der Waals surface area contributed by atoms with Gasteiger partial charge in [0.05, 0.1) is 25.6 Å². The molecule has 0 saturated carbocycles. The summed E-state index contributed by atoms with van der Waals surface area (Å²) < 4.78 is 52.0. The molecule has 1 N–H and O–H groups in total. The Morgan fingerprint density at radius 1 is 1.27 bits per heavy atom. The van der Waals surface area contributed by atoms with Crippen LogP contribution in [0.15, 0.2) is 23.1 Å². The minimum absolute atomic E-state index is 0.0694. The van der Waals surface area contributed by atoms with Crippen molar-refractivity contribution in [1.82, 2.24) is 9.78 Å². The van der Waals surface area contributed by atoms with E-state index in [4.69, 9.17) is 9.47 Å². The molecule has 2 rings (SSSR count). The molecular weight excluding hydrogens is 313 g/mol. The van der Waals surface area contributed by atoms with E-state index in [1.165, 1.54) is 40.3 Å². The van der Waals surface area contributed by atoms with Crippen LogP contribution in [-0.2, 0) is 17.1 Å². The third-order valence-electron chi connectivity index (χ3n) is 3.02. The lowest BCUT2D eigenvalue weighted by molar-refractivity contribution is 0.395. The molecule has 7 nitrogen and oxygen atoms in total. The molecule has 2 aromatic rings. The van der Waals surface area contributed by atoms with Gasteiger partial charge in [-0.3, -0.25) is 4.72 Å². The first-order chi connectivity index (χ1) is 10.3. The number of sulfonamides is 1. The molecule has 0 spiro atoms. The number of anilines is 1. The molecule has 0 bridgehead atoms. The fraction of sp³-hybridized carbons (Fsp3) is 0.308. The molecule has 0 amide bonds. The number of hydrogen-bond donors (Lipinski definition) is 1. The van der Waals surface area contributed by atoms with Crippen molar-refractivity contribution in [2.45, 2.75) is 11.8 Å². The average Bonchev–Trinajstić information content (AvgIpc) is 2.72. The van der Waals surface area contributed by atoms with E-state index >= 15 is 0 Å². The molecule has 1 aromatic heterocycles. The molecule has 9 heteroatoms. The summed E-state index contributed by atoms with van der Waals surface area (Å²) >= 11 is 0. The number of aromatic nitrogens is 2. The lowest BCUT2D eigenvalue weighted by atomic mass is 10.3. The molecule has 0 radical (unpaired) electrons. The van der Waals surface area contributed by atoms with Crippen molar-refractivity contribution in [3.63, 3.8) is 0 Å². The fourth-order valence-corrected chi connectivity index (χ4v) is 3.34. The van der Waals surface area contributed by atoms with Crippen LogP contribution in [0.5, 0.6) is 11.5 Å². The monoisotopic (exact) mass is 329 g/mol. The zero-order chi connectivity index (χ0) is 16.5. The first kappa shape index (κ1) is 16.1. The predicted molar refractivity (Wildman–Crippen MR) is 78.3 cm³/mol. The Morgan fingerprint density at radius 3 is 2.45 bits per heavy atom. The molecule has 0 saturated heterocycles. The topological polar surface area (TPSA) is 82.5 Å². The fourth-order valence-electron chi connectivity index (χ4n) is 1.99. The molecule has 0 aliphatic carbocycles. The van der Waals surface area contributed by atoms with Crippen LogP contribution >= 0.6 is 0 Å². The molecule has 1 heterocycles. The number of aryl methyl sites for hydroxylation is 2. The maximum Gasteiger partial charge on any atom is 0.268 e. The van der Waals surface area contributed by atoms with Crippen molar-refractivity contribution in [3.8, 4) is 11.5 Å². The van der Waals surface area contributed by atoms with Gasteiger partial charge in [-0.05, 0) is 19.1 Å². The van der Waals surface area contributed by atoms with Gasteiger partial charge in [0.15, 0.2) is 4.90 Å². The van der Waals surface area contributed by atoms with E-state index in [2.05, 4.69) is 9.82 Å². The predicted octanol–water partition coefficient (Wildman–Crippen LogP) is 1.69. The Morgan fingerprint density at radius 2 is 1.95 bits per heavy atom. The Labute approximate surface area is 127 Å². The molecule has 0 fully saturated rings. The lowest BCUT2D eigenvalue weighted by Gasteiger charge is -2.12. The summed E-state index contributed by atoms with van der Waals surface area (Å²) in [5.74, 6) is -0.175. The summed E-state index contributed by atoms with van der Waals surface area (Å²) in [4.78, 5) is -0.493. The second-order valence-electron chi connectivity index (χ2n) is 4.50. The van der Waals surface area contributed by atoms with Crippen molar-refractivity contribution >= 4 is 15.7 Å². The molecule has 0 aliphatic rings. The maximum absolute atomic E-state index is 14.0. The van der Waals surface area contributed by atoms with E-state index in [0.29, 0.717) is 5.75 Å². The minimum Gasteiger partial charge on any atom is -0.497 e. The number of ether oxygens (including phenoxy) is 2. The number of nitrogens with zero attached hydrogens (tertiary/aromatic N) is 2. The summed E-state index contributed by atoms with van der Waals surface area (Å²) in [5.41, 5.74) is 0.242. The number of hydrogen-bond acceptors (Lipinski definition) is 5. The molecule has 0 aliphatic heterocycles. The first-order valence-corrected chi connectivity index (χ1v) is 7.72. The zero-order valence-electron chi connectivity index (χ0n) is 12.5. The van der Waals surface area contributed by atoms with Crippen molar-refractivity contribution in [1.29, 1.82) is 0 Å². The van der Waals surface area contributed by atoms with E-state index < -0.39 is 20.9 Å². The SMILES string of the molecule is COc1ccc(NS(=O)(=O)c2c(C)nn(C)c2F)c(OC)c1. The Balaban J connectivity index is 2.45. The van der Waals surface area contributed by atoms with E-state index in [9.17, 15) is 12.8 Å². The second kappa shape index (κ2) is 5.84.